The summed E-state index contributed by atoms with van der Waals surface area (Å²) in [6, 6.07) is 7.37. The highest BCUT2D eigenvalue weighted by Gasteiger charge is 2.20. The average Bonchev–Trinajstić information content (AvgIpc) is 2.45. The summed E-state index contributed by atoms with van der Waals surface area (Å²) in [5, 5.41) is 8.86. The number of benzene rings is 1. The van der Waals surface area contributed by atoms with Crippen molar-refractivity contribution in [2.45, 2.75) is 39.2 Å². The molecule has 1 aromatic rings. The van der Waals surface area contributed by atoms with Crippen LogP contribution in [0.25, 0.3) is 6.08 Å². The molecule has 1 N–H and O–H groups in total. The Kier molecular flexibility index (Phi) is 6.15. The number of hydrogen-bond donors (Lipinski definition) is 1. The Balaban J connectivity index is 2.58. The molecule has 0 fully saturated rings. The predicted molar refractivity (Wildman–Crippen MR) is 84.0 cm³/mol. The molecule has 0 aliphatic heterocycles. The van der Waals surface area contributed by atoms with Crippen molar-refractivity contribution in [3.8, 4) is 0 Å². The van der Waals surface area contributed by atoms with Gasteiger partial charge in [0.1, 0.15) is 6.04 Å². The van der Waals surface area contributed by atoms with Crippen LogP contribution in [0.4, 0.5) is 0 Å². The van der Waals surface area contributed by atoms with Crippen molar-refractivity contribution in [2.24, 2.45) is 0 Å². The molecule has 114 valence electrons. The second-order valence-electron chi connectivity index (χ2n) is 5.45. The molecule has 0 heterocycles. The van der Waals surface area contributed by atoms with Gasteiger partial charge in [0.15, 0.2) is 0 Å². The van der Waals surface area contributed by atoms with E-state index in [9.17, 15) is 9.59 Å². The number of carboxylic acids is 1. The molecular weight excluding hydrogens is 266 g/mol. The molecule has 21 heavy (non-hydrogen) atoms. The summed E-state index contributed by atoms with van der Waals surface area (Å²) in [4.78, 5) is 23.9. The number of likely N-dealkylation sites (N-methyl/N-ethyl adjacent to an activating group) is 1. The maximum absolute atomic E-state index is 11.8. The van der Waals surface area contributed by atoms with Crippen LogP contribution in [0.5, 0.6) is 0 Å². The molecule has 0 aromatic heterocycles. The first-order valence-electron chi connectivity index (χ1n) is 7.08. The van der Waals surface area contributed by atoms with Crippen molar-refractivity contribution in [3.63, 3.8) is 0 Å². The lowest BCUT2D eigenvalue weighted by molar-refractivity contribution is -0.147. The van der Waals surface area contributed by atoms with Gasteiger partial charge in [-0.05, 0) is 24.0 Å². The van der Waals surface area contributed by atoms with Crippen molar-refractivity contribution in [1.82, 2.24) is 4.90 Å². The van der Waals surface area contributed by atoms with Crippen molar-refractivity contribution in [3.05, 3.63) is 41.5 Å². The van der Waals surface area contributed by atoms with Gasteiger partial charge >= 0.3 is 5.97 Å². The molecule has 0 radical (unpaired) electrons. The standard InChI is InChI=1S/C17H23NO3/c1-12(2)15-10-8-14(9-11-15)6-5-7-16(19)18(4)13(3)17(20)21/h5-6,8-13H,7H2,1-4H3,(H,20,21)/b6-5+. The lowest BCUT2D eigenvalue weighted by Crippen LogP contribution is -2.39. The quantitative estimate of drug-likeness (QED) is 0.875. The number of aliphatic carboxylic acids is 1. The van der Waals surface area contributed by atoms with Gasteiger partial charge in [-0.2, -0.15) is 0 Å². The van der Waals surface area contributed by atoms with Crippen molar-refractivity contribution >= 4 is 18.0 Å². The molecule has 0 saturated heterocycles. The van der Waals surface area contributed by atoms with E-state index in [1.807, 2.05) is 18.2 Å². The molecule has 1 amide bonds. The van der Waals surface area contributed by atoms with Gasteiger partial charge in [-0.15, -0.1) is 0 Å². The number of amides is 1. The third kappa shape index (κ3) is 5.06. The van der Waals surface area contributed by atoms with E-state index in [0.717, 1.165) is 5.56 Å². The molecular formula is C17H23NO3. The minimum atomic E-state index is -1.00. The molecule has 0 aliphatic rings. The topological polar surface area (TPSA) is 57.6 Å². The van der Waals surface area contributed by atoms with Gasteiger partial charge in [-0.25, -0.2) is 4.79 Å². The fraction of sp³-hybridized carbons (Fsp3) is 0.412. The van der Waals surface area contributed by atoms with E-state index in [1.165, 1.54) is 24.4 Å². The van der Waals surface area contributed by atoms with Crippen LogP contribution < -0.4 is 0 Å². The van der Waals surface area contributed by atoms with Gasteiger partial charge in [-0.3, -0.25) is 4.79 Å². The summed E-state index contributed by atoms with van der Waals surface area (Å²) in [5.41, 5.74) is 2.30. The second-order valence-corrected chi connectivity index (χ2v) is 5.45. The summed E-state index contributed by atoms with van der Waals surface area (Å²) in [6.07, 6.45) is 3.83. The van der Waals surface area contributed by atoms with Crippen LogP contribution >= 0.6 is 0 Å². The molecule has 4 nitrogen and oxygen atoms in total. The Morgan fingerprint density at radius 1 is 1.19 bits per heavy atom. The number of nitrogens with zero attached hydrogens (tertiary/aromatic N) is 1. The maximum Gasteiger partial charge on any atom is 0.326 e. The van der Waals surface area contributed by atoms with E-state index in [2.05, 4.69) is 26.0 Å². The molecule has 0 saturated carbocycles. The van der Waals surface area contributed by atoms with E-state index < -0.39 is 12.0 Å². The summed E-state index contributed by atoms with van der Waals surface area (Å²) < 4.78 is 0. The minimum Gasteiger partial charge on any atom is -0.480 e. The van der Waals surface area contributed by atoms with Crippen molar-refractivity contribution in [2.75, 3.05) is 7.05 Å². The van der Waals surface area contributed by atoms with Gasteiger partial charge < -0.3 is 10.0 Å². The third-order valence-corrected chi connectivity index (χ3v) is 3.54. The smallest absolute Gasteiger partial charge is 0.326 e. The largest absolute Gasteiger partial charge is 0.480 e. The summed E-state index contributed by atoms with van der Waals surface area (Å²) in [6.45, 7) is 5.78. The van der Waals surface area contributed by atoms with Crippen molar-refractivity contribution < 1.29 is 14.7 Å². The Morgan fingerprint density at radius 3 is 2.24 bits per heavy atom. The predicted octanol–water partition coefficient (Wildman–Crippen LogP) is 3.14. The van der Waals surface area contributed by atoms with E-state index in [-0.39, 0.29) is 12.3 Å². The monoisotopic (exact) mass is 289 g/mol. The molecule has 0 bridgehead atoms. The van der Waals surface area contributed by atoms with Crippen LogP contribution in [0.2, 0.25) is 0 Å². The fourth-order valence-corrected chi connectivity index (χ4v) is 1.81. The number of carboxylic acid groups (broad SMARTS) is 1. The number of hydrogen-bond acceptors (Lipinski definition) is 2. The van der Waals surface area contributed by atoms with Crippen LogP contribution in [0, 0.1) is 0 Å². The van der Waals surface area contributed by atoms with Gasteiger partial charge in [0.05, 0.1) is 0 Å². The number of rotatable bonds is 6. The van der Waals surface area contributed by atoms with E-state index in [4.69, 9.17) is 5.11 Å². The highest BCUT2D eigenvalue weighted by atomic mass is 16.4. The van der Waals surface area contributed by atoms with Gasteiger partial charge in [0, 0.05) is 13.5 Å². The van der Waals surface area contributed by atoms with Crippen LogP contribution in [-0.2, 0) is 9.59 Å². The Hall–Kier alpha value is -2.10. The van der Waals surface area contributed by atoms with Gasteiger partial charge in [0.25, 0.3) is 0 Å². The lowest BCUT2D eigenvalue weighted by atomic mass is 10.0. The van der Waals surface area contributed by atoms with Gasteiger partial charge in [-0.1, -0.05) is 50.3 Å². The van der Waals surface area contributed by atoms with Crippen LogP contribution in [-0.4, -0.2) is 35.0 Å². The second kappa shape index (κ2) is 7.62. The first kappa shape index (κ1) is 17.0. The van der Waals surface area contributed by atoms with E-state index in [1.54, 1.807) is 6.08 Å². The van der Waals surface area contributed by atoms with E-state index >= 15 is 0 Å². The SMILES string of the molecule is CC(C)c1ccc(/C=C/CC(=O)N(C)C(C)C(=O)O)cc1. The zero-order valence-electron chi connectivity index (χ0n) is 13.0. The summed E-state index contributed by atoms with van der Waals surface area (Å²) in [5.74, 6) is -0.713. The van der Waals surface area contributed by atoms with Crippen LogP contribution in [0.3, 0.4) is 0 Å². The van der Waals surface area contributed by atoms with Crippen LogP contribution in [0.1, 0.15) is 44.2 Å². The Labute approximate surface area is 126 Å². The third-order valence-electron chi connectivity index (χ3n) is 3.54. The van der Waals surface area contributed by atoms with Crippen LogP contribution in [0.15, 0.2) is 30.3 Å². The molecule has 0 aliphatic carbocycles. The highest BCUT2D eigenvalue weighted by molar-refractivity contribution is 5.84. The summed E-state index contributed by atoms with van der Waals surface area (Å²) in [7, 11) is 1.51. The Morgan fingerprint density at radius 2 is 1.76 bits per heavy atom. The Bertz CT molecular complexity index is 517. The molecule has 1 rings (SSSR count). The molecule has 0 spiro atoms. The average molecular weight is 289 g/mol. The minimum absolute atomic E-state index is 0.194. The lowest BCUT2D eigenvalue weighted by Gasteiger charge is -2.20. The van der Waals surface area contributed by atoms with Gasteiger partial charge in [0.2, 0.25) is 5.91 Å². The van der Waals surface area contributed by atoms with E-state index in [0.29, 0.717) is 5.92 Å². The first-order valence-corrected chi connectivity index (χ1v) is 7.08. The molecule has 1 unspecified atom stereocenters. The zero-order valence-corrected chi connectivity index (χ0v) is 13.0. The number of carbonyl (C=O) groups excluding carboxylic acids is 1. The fourth-order valence-electron chi connectivity index (χ4n) is 1.81. The maximum atomic E-state index is 11.8. The highest BCUT2D eigenvalue weighted by Crippen LogP contribution is 2.15. The normalized spacial score (nSPS) is 12.6. The first-order chi connectivity index (χ1) is 9.82. The molecule has 1 atom stereocenters. The number of carbonyl (C=O) groups is 2. The molecule has 1 aromatic carbocycles. The van der Waals surface area contributed by atoms with Crippen molar-refractivity contribution in [1.29, 1.82) is 0 Å². The summed E-state index contributed by atoms with van der Waals surface area (Å²) >= 11 is 0. The molecule has 4 heteroatoms. The zero-order chi connectivity index (χ0) is 16.0.